The molecule has 0 spiro atoms. The van der Waals surface area contributed by atoms with Crippen LogP contribution in [0.4, 0.5) is 0 Å². The van der Waals surface area contributed by atoms with Crippen LogP contribution < -0.4 is 10.0 Å². The van der Waals surface area contributed by atoms with E-state index in [9.17, 15) is 13.2 Å². The number of rotatable bonds is 9. The number of carbonyl (C=O) groups is 1. The molecule has 1 fully saturated rings. The van der Waals surface area contributed by atoms with Gasteiger partial charge in [0.05, 0.1) is 4.90 Å². The minimum Gasteiger partial charge on any atom is -0.352 e. The number of thiophene rings is 1. The molecular weight excluding hydrogens is 380 g/mol. The molecule has 7 heteroatoms. The Bertz CT molecular complexity index is 825. The van der Waals surface area contributed by atoms with E-state index in [1.807, 2.05) is 17.5 Å². The van der Waals surface area contributed by atoms with Crippen LogP contribution in [0.15, 0.2) is 46.7 Å². The Kier molecular flexibility index (Phi) is 7.04. The largest absolute Gasteiger partial charge is 0.352 e. The van der Waals surface area contributed by atoms with Crippen LogP contribution >= 0.6 is 11.3 Å². The van der Waals surface area contributed by atoms with E-state index in [0.29, 0.717) is 12.1 Å². The summed E-state index contributed by atoms with van der Waals surface area (Å²) in [5.74, 6) is 0.671. The fourth-order valence-electron chi connectivity index (χ4n) is 3.44. The lowest BCUT2D eigenvalue weighted by atomic mass is 10.0. The first kappa shape index (κ1) is 20.0. The monoisotopic (exact) mass is 406 g/mol. The highest BCUT2D eigenvalue weighted by molar-refractivity contribution is 7.89. The molecule has 5 nitrogen and oxygen atoms in total. The van der Waals surface area contributed by atoms with Crippen molar-refractivity contribution in [3.05, 3.63) is 52.2 Å². The first-order valence-corrected chi connectivity index (χ1v) is 11.8. The Labute approximate surface area is 165 Å². The summed E-state index contributed by atoms with van der Waals surface area (Å²) in [5.41, 5.74) is 0.480. The molecule has 0 bridgehead atoms. The zero-order valence-electron chi connectivity index (χ0n) is 15.3. The first-order chi connectivity index (χ1) is 13.0. The van der Waals surface area contributed by atoms with Crippen molar-refractivity contribution in [3.8, 4) is 0 Å². The average molecular weight is 407 g/mol. The molecule has 0 unspecified atom stereocenters. The van der Waals surface area contributed by atoms with Gasteiger partial charge in [0.25, 0.3) is 5.91 Å². The zero-order valence-corrected chi connectivity index (χ0v) is 16.9. The van der Waals surface area contributed by atoms with Crippen molar-refractivity contribution in [2.45, 2.75) is 50.0 Å². The van der Waals surface area contributed by atoms with Gasteiger partial charge in [0, 0.05) is 23.5 Å². The molecule has 2 aromatic rings. The quantitative estimate of drug-likeness (QED) is 0.620. The molecule has 1 heterocycles. The van der Waals surface area contributed by atoms with Crippen molar-refractivity contribution < 1.29 is 13.2 Å². The fraction of sp³-hybridized carbons (Fsp3) is 0.450. The Morgan fingerprint density at radius 3 is 2.52 bits per heavy atom. The predicted molar refractivity (Wildman–Crippen MR) is 108 cm³/mol. The van der Waals surface area contributed by atoms with E-state index in [2.05, 4.69) is 10.0 Å². The molecule has 1 amide bonds. The van der Waals surface area contributed by atoms with E-state index in [1.54, 1.807) is 12.1 Å². The maximum Gasteiger partial charge on any atom is 0.251 e. The highest BCUT2D eigenvalue weighted by atomic mass is 32.2. The summed E-state index contributed by atoms with van der Waals surface area (Å²) in [7, 11) is -3.58. The Balaban J connectivity index is 1.47. The first-order valence-electron chi connectivity index (χ1n) is 9.45. The molecule has 0 atom stereocenters. The second-order valence-electron chi connectivity index (χ2n) is 6.98. The number of hydrogen-bond donors (Lipinski definition) is 2. The second-order valence-corrected chi connectivity index (χ2v) is 9.78. The van der Waals surface area contributed by atoms with Crippen LogP contribution in [0.25, 0.3) is 0 Å². The third kappa shape index (κ3) is 5.89. The molecule has 1 aliphatic rings. The van der Waals surface area contributed by atoms with E-state index in [0.717, 1.165) is 17.2 Å². The highest BCUT2D eigenvalue weighted by Gasteiger charge is 2.16. The van der Waals surface area contributed by atoms with Crippen LogP contribution in [-0.4, -0.2) is 20.9 Å². The smallest absolute Gasteiger partial charge is 0.251 e. The Morgan fingerprint density at radius 1 is 1.11 bits per heavy atom. The molecule has 1 aromatic heterocycles. The maximum absolute atomic E-state index is 12.3. The number of carbonyl (C=O) groups excluding carboxylic acids is 1. The molecular formula is C20H26N2O3S2. The van der Waals surface area contributed by atoms with Crippen molar-refractivity contribution >= 4 is 27.3 Å². The summed E-state index contributed by atoms with van der Waals surface area (Å²) in [6, 6.07) is 9.84. The average Bonchev–Trinajstić information content (AvgIpc) is 3.37. The van der Waals surface area contributed by atoms with Gasteiger partial charge in [-0.3, -0.25) is 4.79 Å². The van der Waals surface area contributed by atoms with Crippen LogP contribution in [0.1, 0.15) is 53.8 Å². The predicted octanol–water partition coefficient (Wildman–Crippen LogP) is 3.93. The van der Waals surface area contributed by atoms with Gasteiger partial charge in [0.2, 0.25) is 10.0 Å². The highest BCUT2D eigenvalue weighted by Crippen LogP contribution is 2.28. The van der Waals surface area contributed by atoms with E-state index in [-0.39, 0.29) is 17.3 Å². The van der Waals surface area contributed by atoms with Gasteiger partial charge in [-0.05, 0) is 54.5 Å². The summed E-state index contributed by atoms with van der Waals surface area (Å²) in [5, 5.41) is 4.83. The van der Waals surface area contributed by atoms with Gasteiger partial charge in [-0.2, -0.15) is 0 Å². The molecule has 1 aromatic carbocycles. The van der Waals surface area contributed by atoms with Crippen molar-refractivity contribution in [2.75, 3.05) is 6.54 Å². The lowest BCUT2D eigenvalue weighted by Gasteiger charge is -2.10. The number of nitrogens with one attached hydrogen (secondary N) is 2. The summed E-state index contributed by atoms with van der Waals surface area (Å²) in [6.45, 7) is 0.932. The molecule has 0 aliphatic heterocycles. The van der Waals surface area contributed by atoms with E-state index < -0.39 is 10.0 Å². The van der Waals surface area contributed by atoms with Gasteiger partial charge in [0.15, 0.2) is 0 Å². The third-order valence-electron chi connectivity index (χ3n) is 4.99. The number of benzene rings is 1. The van der Waals surface area contributed by atoms with Crippen molar-refractivity contribution in [1.29, 1.82) is 0 Å². The van der Waals surface area contributed by atoms with E-state index >= 15 is 0 Å². The van der Waals surface area contributed by atoms with Crippen LogP contribution in [-0.2, 0) is 16.6 Å². The van der Waals surface area contributed by atoms with Crippen molar-refractivity contribution in [2.24, 2.45) is 5.92 Å². The topological polar surface area (TPSA) is 75.3 Å². The van der Waals surface area contributed by atoms with Gasteiger partial charge in [-0.15, -0.1) is 11.3 Å². The van der Waals surface area contributed by atoms with Crippen molar-refractivity contribution in [1.82, 2.24) is 10.0 Å². The molecule has 1 aliphatic carbocycles. The Morgan fingerprint density at radius 2 is 1.85 bits per heavy atom. The standard InChI is InChI=1S/C20H26N2O3S2/c23-20(21-13-3-7-16-5-1-2-6-16)17-9-11-19(12-10-17)27(24,25)22-15-18-8-4-14-26-18/h4,8-12,14,16,22H,1-3,5-7,13,15H2,(H,21,23). The fourth-order valence-corrected chi connectivity index (χ4v) is 5.18. The summed E-state index contributed by atoms with van der Waals surface area (Å²) in [6.07, 6.45) is 7.50. The molecule has 0 saturated heterocycles. The number of sulfonamides is 1. The van der Waals surface area contributed by atoms with Crippen LogP contribution in [0, 0.1) is 5.92 Å². The summed E-state index contributed by atoms with van der Waals surface area (Å²) < 4.78 is 27.3. The maximum atomic E-state index is 12.3. The summed E-state index contributed by atoms with van der Waals surface area (Å²) >= 11 is 1.50. The number of hydrogen-bond acceptors (Lipinski definition) is 4. The minimum atomic E-state index is -3.58. The lowest BCUT2D eigenvalue weighted by Crippen LogP contribution is -2.25. The molecule has 0 radical (unpaired) electrons. The lowest BCUT2D eigenvalue weighted by molar-refractivity contribution is 0.0952. The molecule has 27 heavy (non-hydrogen) atoms. The molecule has 2 N–H and O–H groups in total. The molecule has 3 rings (SSSR count). The summed E-state index contributed by atoms with van der Waals surface area (Å²) in [4.78, 5) is 13.3. The van der Waals surface area contributed by atoms with Crippen LogP contribution in [0.2, 0.25) is 0 Å². The van der Waals surface area contributed by atoms with E-state index in [1.165, 1.54) is 55.6 Å². The van der Waals surface area contributed by atoms with Gasteiger partial charge < -0.3 is 5.32 Å². The van der Waals surface area contributed by atoms with Gasteiger partial charge in [0.1, 0.15) is 0 Å². The second kappa shape index (κ2) is 9.48. The molecule has 146 valence electrons. The Hall–Kier alpha value is -1.70. The zero-order chi connectivity index (χ0) is 19.1. The van der Waals surface area contributed by atoms with E-state index in [4.69, 9.17) is 0 Å². The molecule has 1 saturated carbocycles. The normalized spacial score (nSPS) is 15.1. The van der Waals surface area contributed by atoms with Gasteiger partial charge in [-0.25, -0.2) is 13.1 Å². The number of amides is 1. The minimum absolute atomic E-state index is 0.156. The van der Waals surface area contributed by atoms with Gasteiger partial charge in [-0.1, -0.05) is 31.7 Å². The van der Waals surface area contributed by atoms with Crippen LogP contribution in [0.3, 0.4) is 0 Å². The van der Waals surface area contributed by atoms with Crippen LogP contribution in [0.5, 0.6) is 0 Å². The van der Waals surface area contributed by atoms with Crippen molar-refractivity contribution in [3.63, 3.8) is 0 Å². The van der Waals surface area contributed by atoms with Gasteiger partial charge >= 0.3 is 0 Å². The SMILES string of the molecule is O=C(NCCCC1CCCC1)c1ccc(S(=O)(=O)NCc2cccs2)cc1. The third-order valence-corrected chi connectivity index (χ3v) is 7.29.